The number of benzene rings is 1. The minimum atomic E-state index is -0.504. The van der Waals surface area contributed by atoms with Gasteiger partial charge in [-0.1, -0.05) is 23.2 Å². The van der Waals surface area contributed by atoms with Gasteiger partial charge >= 0.3 is 6.01 Å². The Bertz CT molecular complexity index is 784. The number of nitrogens with one attached hydrogen (secondary N) is 1. The fourth-order valence-corrected chi connectivity index (χ4v) is 3.30. The van der Waals surface area contributed by atoms with Gasteiger partial charge in [0.15, 0.2) is 12.4 Å². The molecule has 2 aromatic rings. The molecule has 27 heavy (non-hydrogen) atoms. The van der Waals surface area contributed by atoms with E-state index in [0.717, 1.165) is 38.1 Å². The highest BCUT2D eigenvalue weighted by Crippen LogP contribution is 2.27. The summed E-state index contributed by atoms with van der Waals surface area (Å²) < 4.78 is 23.9. The van der Waals surface area contributed by atoms with Crippen molar-refractivity contribution < 1.29 is 18.7 Å². The van der Waals surface area contributed by atoms with Crippen molar-refractivity contribution in [2.75, 3.05) is 6.61 Å². The van der Waals surface area contributed by atoms with Gasteiger partial charge in [-0.15, -0.1) is 0 Å². The number of hydrogen-bond donors (Lipinski definition) is 1. The average Bonchev–Trinajstić information content (AvgIpc) is 2.64. The lowest BCUT2D eigenvalue weighted by Crippen LogP contribution is -2.41. The van der Waals surface area contributed by atoms with Crippen LogP contribution in [0.15, 0.2) is 30.6 Å². The summed E-state index contributed by atoms with van der Waals surface area (Å²) in [5.41, 5.74) is 0. The van der Waals surface area contributed by atoms with Crippen LogP contribution in [0.2, 0.25) is 10.0 Å². The van der Waals surface area contributed by atoms with Crippen LogP contribution in [0.3, 0.4) is 0 Å². The maximum atomic E-state index is 12.8. The van der Waals surface area contributed by atoms with Crippen LogP contribution in [0.25, 0.3) is 0 Å². The molecular formula is C18H18Cl2FN3O3. The zero-order valence-corrected chi connectivity index (χ0v) is 15.8. The number of carbonyl (C=O) groups is 1. The van der Waals surface area contributed by atoms with Crippen LogP contribution in [0.4, 0.5) is 4.39 Å². The van der Waals surface area contributed by atoms with Crippen LogP contribution < -0.4 is 14.8 Å². The average molecular weight is 414 g/mol. The highest BCUT2D eigenvalue weighted by Gasteiger charge is 2.24. The topological polar surface area (TPSA) is 73.3 Å². The summed E-state index contributed by atoms with van der Waals surface area (Å²) in [7, 11) is 0. The Morgan fingerprint density at radius 1 is 1.19 bits per heavy atom. The van der Waals surface area contributed by atoms with E-state index in [0.29, 0.717) is 15.8 Å². The zero-order chi connectivity index (χ0) is 19.2. The van der Waals surface area contributed by atoms with Crippen molar-refractivity contribution in [1.29, 1.82) is 0 Å². The minimum Gasteiger partial charge on any atom is -0.482 e. The Labute approximate surface area is 166 Å². The van der Waals surface area contributed by atoms with Crippen LogP contribution in [-0.4, -0.2) is 34.6 Å². The monoisotopic (exact) mass is 413 g/mol. The first-order valence-corrected chi connectivity index (χ1v) is 9.26. The van der Waals surface area contributed by atoms with E-state index in [-0.39, 0.29) is 30.7 Å². The summed E-state index contributed by atoms with van der Waals surface area (Å²) in [4.78, 5) is 19.7. The smallest absolute Gasteiger partial charge is 0.316 e. The molecular weight excluding hydrogens is 396 g/mol. The Morgan fingerprint density at radius 2 is 1.89 bits per heavy atom. The molecule has 1 fully saturated rings. The van der Waals surface area contributed by atoms with Crippen molar-refractivity contribution in [2.24, 2.45) is 0 Å². The van der Waals surface area contributed by atoms with E-state index in [1.807, 2.05) is 0 Å². The van der Waals surface area contributed by atoms with Crippen LogP contribution in [0.5, 0.6) is 11.8 Å². The molecule has 6 nitrogen and oxygen atoms in total. The fourth-order valence-electron chi connectivity index (χ4n) is 2.84. The normalized spacial score (nSPS) is 19.4. The molecule has 1 aliphatic rings. The first kappa shape index (κ1) is 19.6. The van der Waals surface area contributed by atoms with Crippen LogP contribution >= 0.6 is 23.2 Å². The van der Waals surface area contributed by atoms with E-state index in [4.69, 9.17) is 32.7 Å². The predicted molar refractivity (Wildman–Crippen MR) is 98.8 cm³/mol. The van der Waals surface area contributed by atoms with Crippen LogP contribution in [0.1, 0.15) is 25.7 Å². The summed E-state index contributed by atoms with van der Waals surface area (Å²) in [6.45, 7) is -0.124. The van der Waals surface area contributed by atoms with Gasteiger partial charge in [-0.3, -0.25) is 4.79 Å². The number of carbonyl (C=O) groups excluding carboxylic acids is 1. The van der Waals surface area contributed by atoms with Crippen molar-refractivity contribution in [3.8, 4) is 11.8 Å². The number of aromatic nitrogens is 2. The van der Waals surface area contributed by atoms with Crippen molar-refractivity contribution in [3.63, 3.8) is 0 Å². The van der Waals surface area contributed by atoms with Crippen molar-refractivity contribution >= 4 is 29.1 Å². The van der Waals surface area contributed by atoms with Crippen molar-refractivity contribution in [2.45, 2.75) is 37.8 Å². The summed E-state index contributed by atoms with van der Waals surface area (Å²) in [5, 5.41) is 3.80. The Kier molecular flexibility index (Phi) is 6.68. The van der Waals surface area contributed by atoms with Crippen molar-refractivity contribution in [3.05, 3.63) is 46.5 Å². The third kappa shape index (κ3) is 5.94. The molecule has 0 aliphatic heterocycles. The van der Waals surface area contributed by atoms with E-state index < -0.39 is 5.82 Å². The number of rotatable bonds is 6. The molecule has 144 valence electrons. The third-order valence-electron chi connectivity index (χ3n) is 4.16. The number of halogens is 3. The number of nitrogens with zero attached hydrogens (tertiary/aromatic N) is 2. The van der Waals surface area contributed by atoms with Gasteiger partial charge in [0.25, 0.3) is 5.91 Å². The maximum Gasteiger partial charge on any atom is 0.316 e. The molecule has 0 unspecified atom stereocenters. The molecule has 0 bridgehead atoms. The largest absolute Gasteiger partial charge is 0.482 e. The molecule has 1 saturated carbocycles. The van der Waals surface area contributed by atoms with Gasteiger partial charge in [-0.05, 0) is 43.9 Å². The van der Waals surface area contributed by atoms with Gasteiger partial charge in [0.2, 0.25) is 0 Å². The fraction of sp³-hybridized carbons (Fsp3) is 0.389. The Balaban J connectivity index is 1.39. The van der Waals surface area contributed by atoms with E-state index in [2.05, 4.69) is 15.3 Å². The third-order valence-corrected chi connectivity index (χ3v) is 4.69. The molecule has 0 saturated heterocycles. The van der Waals surface area contributed by atoms with E-state index in [9.17, 15) is 9.18 Å². The first-order valence-electron chi connectivity index (χ1n) is 8.51. The van der Waals surface area contributed by atoms with Gasteiger partial charge in [-0.2, -0.15) is 0 Å². The lowest BCUT2D eigenvalue weighted by molar-refractivity contribution is -0.124. The quantitative estimate of drug-likeness (QED) is 0.779. The molecule has 0 atom stereocenters. The lowest BCUT2D eigenvalue weighted by atomic mass is 9.93. The number of ether oxygens (including phenoxy) is 2. The highest BCUT2D eigenvalue weighted by atomic mass is 35.5. The maximum absolute atomic E-state index is 12.8. The molecule has 9 heteroatoms. The molecule has 0 spiro atoms. The summed E-state index contributed by atoms with van der Waals surface area (Å²) in [6, 6.07) is 5.04. The molecule has 1 heterocycles. The van der Waals surface area contributed by atoms with Gasteiger partial charge < -0.3 is 14.8 Å². The van der Waals surface area contributed by atoms with Crippen molar-refractivity contribution in [1.82, 2.24) is 15.3 Å². The first-order chi connectivity index (χ1) is 13.0. The molecule has 1 aromatic carbocycles. The highest BCUT2D eigenvalue weighted by molar-refractivity contribution is 6.35. The predicted octanol–water partition coefficient (Wildman–Crippen LogP) is 3.81. The second kappa shape index (κ2) is 9.19. The van der Waals surface area contributed by atoms with Gasteiger partial charge in [0.05, 0.1) is 17.4 Å². The van der Waals surface area contributed by atoms with Crippen LogP contribution in [0, 0.1) is 5.82 Å². The molecule has 1 N–H and O–H groups in total. The SMILES string of the molecule is O=C(COc1ccc(Cl)cc1Cl)NC1CCC(Oc2ncc(F)cn2)CC1. The summed E-state index contributed by atoms with van der Waals surface area (Å²) in [5.74, 6) is -0.309. The number of hydrogen-bond acceptors (Lipinski definition) is 5. The summed E-state index contributed by atoms with van der Waals surface area (Å²) >= 11 is 11.8. The van der Waals surface area contributed by atoms with Gasteiger partial charge in [0.1, 0.15) is 11.9 Å². The lowest BCUT2D eigenvalue weighted by Gasteiger charge is -2.28. The molecule has 0 radical (unpaired) electrons. The van der Waals surface area contributed by atoms with E-state index in [1.165, 1.54) is 0 Å². The van der Waals surface area contributed by atoms with Gasteiger partial charge in [-0.25, -0.2) is 14.4 Å². The molecule has 3 rings (SSSR count). The van der Waals surface area contributed by atoms with Crippen LogP contribution in [-0.2, 0) is 4.79 Å². The second-order valence-corrected chi connectivity index (χ2v) is 7.05. The standard InChI is InChI=1S/C18H18Cl2FN3O3/c19-11-1-6-16(15(20)7-11)26-10-17(25)24-13-2-4-14(5-3-13)27-18-22-8-12(21)9-23-18/h1,6-9,13-14H,2-5,10H2,(H,24,25). The van der Waals surface area contributed by atoms with E-state index in [1.54, 1.807) is 18.2 Å². The minimum absolute atomic E-state index is 0.0484. The number of amides is 1. The summed E-state index contributed by atoms with van der Waals surface area (Å²) in [6.07, 6.45) is 5.11. The second-order valence-electron chi connectivity index (χ2n) is 6.21. The zero-order valence-electron chi connectivity index (χ0n) is 14.3. The molecule has 1 aromatic heterocycles. The van der Waals surface area contributed by atoms with E-state index >= 15 is 0 Å². The molecule has 1 aliphatic carbocycles. The molecule has 1 amide bonds. The Morgan fingerprint density at radius 3 is 2.56 bits per heavy atom. The van der Waals surface area contributed by atoms with Gasteiger partial charge in [0, 0.05) is 11.1 Å². The Hall–Kier alpha value is -2.12.